The van der Waals surface area contributed by atoms with Crippen molar-refractivity contribution in [3.8, 4) is 0 Å². The molecule has 1 aliphatic heterocycles. The molecule has 0 aliphatic carbocycles. The highest BCUT2D eigenvalue weighted by molar-refractivity contribution is 5.68. The van der Waals surface area contributed by atoms with E-state index in [1.165, 1.54) is 0 Å². The van der Waals surface area contributed by atoms with E-state index in [4.69, 9.17) is 4.74 Å². The first-order valence-electron chi connectivity index (χ1n) is 6.36. The Labute approximate surface area is 104 Å². The number of carbonyl (C=O) groups excluding carboxylic acids is 1. The fourth-order valence-electron chi connectivity index (χ4n) is 2.10. The van der Waals surface area contributed by atoms with Gasteiger partial charge in [0.1, 0.15) is 5.60 Å². The third-order valence-electron chi connectivity index (χ3n) is 3.04. The Bertz CT molecular complexity index is 270. The maximum Gasteiger partial charge on any atom is 0.410 e. The van der Waals surface area contributed by atoms with Gasteiger partial charge in [-0.3, -0.25) is 0 Å². The summed E-state index contributed by atoms with van der Waals surface area (Å²) in [4.78, 5) is 13.5. The average Bonchev–Trinajstić information content (AvgIpc) is 2.62. The molecule has 17 heavy (non-hydrogen) atoms. The maximum atomic E-state index is 11.8. The summed E-state index contributed by atoms with van der Waals surface area (Å²) < 4.78 is 5.32. The van der Waals surface area contributed by atoms with Crippen molar-refractivity contribution in [1.29, 1.82) is 0 Å². The average molecular weight is 243 g/mol. The number of ether oxygens (including phenoxy) is 1. The molecular formula is C13H25NO3. The standard InChI is InChI=1S/C13H25NO3/c1-9(2)11(15)10-6-7-14(8-10)12(16)17-13(3,4)5/h9-11,15H,6-8H2,1-5H3/t10?,11-/m0/s1. The van der Waals surface area contributed by atoms with Gasteiger partial charge in [0.15, 0.2) is 0 Å². The minimum absolute atomic E-state index is 0.183. The summed E-state index contributed by atoms with van der Waals surface area (Å²) in [5.74, 6) is 0.418. The van der Waals surface area contributed by atoms with E-state index in [2.05, 4.69) is 0 Å². The maximum absolute atomic E-state index is 11.8. The molecule has 1 saturated heterocycles. The fourth-order valence-corrected chi connectivity index (χ4v) is 2.10. The minimum atomic E-state index is -0.453. The fraction of sp³-hybridized carbons (Fsp3) is 0.923. The number of amides is 1. The molecule has 2 atom stereocenters. The van der Waals surface area contributed by atoms with Crippen LogP contribution in [0.1, 0.15) is 41.0 Å². The number of carbonyl (C=O) groups is 1. The van der Waals surface area contributed by atoms with E-state index in [1.807, 2.05) is 34.6 Å². The molecule has 0 aromatic carbocycles. The molecule has 1 unspecified atom stereocenters. The number of aliphatic hydroxyl groups is 1. The normalized spacial score (nSPS) is 23.0. The summed E-state index contributed by atoms with van der Waals surface area (Å²) in [7, 11) is 0. The summed E-state index contributed by atoms with van der Waals surface area (Å²) in [5, 5.41) is 9.98. The van der Waals surface area contributed by atoms with Gasteiger partial charge < -0.3 is 14.7 Å². The van der Waals surface area contributed by atoms with E-state index in [-0.39, 0.29) is 24.0 Å². The molecule has 4 heteroatoms. The second-order valence-electron chi connectivity index (χ2n) is 6.21. The van der Waals surface area contributed by atoms with E-state index in [9.17, 15) is 9.90 Å². The topological polar surface area (TPSA) is 49.8 Å². The second-order valence-corrected chi connectivity index (χ2v) is 6.21. The third-order valence-corrected chi connectivity index (χ3v) is 3.04. The molecule has 1 N–H and O–H groups in total. The zero-order valence-corrected chi connectivity index (χ0v) is 11.6. The van der Waals surface area contributed by atoms with Crippen LogP contribution in [0, 0.1) is 11.8 Å². The lowest BCUT2D eigenvalue weighted by molar-refractivity contribution is 0.0247. The minimum Gasteiger partial charge on any atom is -0.444 e. The Morgan fingerprint density at radius 1 is 1.41 bits per heavy atom. The highest BCUT2D eigenvalue weighted by Crippen LogP contribution is 2.25. The molecule has 0 bridgehead atoms. The third kappa shape index (κ3) is 4.19. The number of rotatable bonds is 2. The Balaban J connectivity index is 2.48. The molecule has 100 valence electrons. The predicted octanol–water partition coefficient (Wildman–Crippen LogP) is 2.26. The largest absolute Gasteiger partial charge is 0.444 e. The molecule has 0 saturated carbocycles. The highest BCUT2D eigenvalue weighted by Gasteiger charge is 2.34. The lowest BCUT2D eigenvalue weighted by Gasteiger charge is -2.25. The Morgan fingerprint density at radius 2 is 2.00 bits per heavy atom. The van der Waals surface area contributed by atoms with Gasteiger partial charge >= 0.3 is 6.09 Å². The highest BCUT2D eigenvalue weighted by atomic mass is 16.6. The Kier molecular flexibility index (Phi) is 4.42. The van der Waals surface area contributed by atoms with E-state index in [0.717, 1.165) is 6.42 Å². The molecule has 0 aromatic rings. The van der Waals surface area contributed by atoms with Gasteiger partial charge in [-0.15, -0.1) is 0 Å². The van der Waals surface area contributed by atoms with Gasteiger partial charge in [0, 0.05) is 19.0 Å². The van der Waals surface area contributed by atoms with Crippen LogP contribution in [-0.2, 0) is 4.74 Å². The quantitative estimate of drug-likeness (QED) is 0.809. The molecule has 1 amide bonds. The molecular weight excluding hydrogens is 218 g/mol. The van der Waals surface area contributed by atoms with E-state index < -0.39 is 5.60 Å². The van der Waals surface area contributed by atoms with Gasteiger partial charge in [-0.2, -0.15) is 0 Å². The van der Waals surface area contributed by atoms with Crippen LogP contribution < -0.4 is 0 Å². The van der Waals surface area contributed by atoms with Gasteiger partial charge in [0.25, 0.3) is 0 Å². The van der Waals surface area contributed by atoms with Crippen molar-refractivity contribution < 1.29 is 14.6 Å². The summed E-state index contributed by atoms with van der Waals surface area (Å²) in [6, 6.07) is 0. The zero-order valence-electron chi connectivity index (χ0n) is 11.6. The summed E-state index contributed by atoms with van der Waals surface area (Å²) in [6.45, 7) is 10.9. The smallest absolute Gasteiger partial charge is 0.410 e. The van der Waals surface area contributed by atoms with Crippen molar-refractivity contribution >= 4 is 6.09 Å². The lowest BCUT2D eigenvalue weighted by atomic mass is 9.93. The van der Waals surface area contributed by atoms with Crippen molar-refractivity contribution in [2.75, 3.05) is 13.1 Å². The number of hydrogen-bond donors (Lipinski definition) is 1. The summed E-state index contributed by atoms with van der Waals surface area (Å²) in [5.41, 5.74) is -0.453. The van der Waals surface area contributed by atoms with Crippen molar-refractivity contribution in [2.45, 2.75) is 52.7 Å². The van der Waals surface area contributed by atoms with Gasteiger partial charge in [-0.25, -0.2) is 4.79 Å². The SMILES string of the molecule is CC(C)[C@H](O)C1CCN(C(=O)OC(C)(C)C)C1. The van der Waals surface area contributed by atoms with Crippen LogP contribution in [0.5, 0.6) is 0 Å². The molecule has 1 aliphatic rings. The van der Waals surface area contributed by atoms with Crippen LogP contribution in [0.25, 0.3) is 0 Å². The number of hydrogen-bond acceptors (Lipinski definition) is 3. The molecule has 4 nitrogen and oxygen atoms in total. The number of nitrogens with zero attached hydrogens (tertiary/aromatic N) is 1. The van der Waals surface area contributed by atoms with Crippen LogP contribution in [0.15, 0.2) is 0 Å². The Hall–Kier alpha value is -0.770. The van der Waals surface area contributed by atoms with Gasteiger partial charge in [-0.05, 0) is 33.1 Å². The van der Waals surface area contributed by atoms with Crippen LogP contribution in [0.4, 0.5) is 4.79 Å². The molecule has 0 aromatic heterocycles. The van der Waals surface area contributed by atoms with Crippen LogP contribution in [0.3, 0.4) is 0 Å². The van der Waals surface area contributed by atoms with Crippen LogP contribution in [0.2, 0.25) is 0 Å². The first kappa shape index (κ1) is 14.3. The van der Waals surface area contributed by atoms with Gasteiger partial charge in [0.2, 0.25) is 0 Å². The van der Waals surface area contributed by atoms with Crippen LogP contribution >= 0.6 is 0 Å². The second kappa shape index (κ2) is 5.25. The van der Waals surface area contributed by atoms with Crippen molar-refractivity contribution in [3.05, 3.63) is 0 Å². The van der Waals surface area contributed by atoms with Crippen molar-refractivity contribution in [2.24, 2.45) is 11.8 Å². The zero-order chi connectivity index (χ0) is 13.2. The molecule has 1 fully saturated rings. The molecule has 1 rings (SSSR count). The summed E-state index contributed by atoms with van der Waals surface area (Å²) in [6.07, 6.45) is 0.261. The first-order chi connectivity index (χ1) is 7.70. The van der Waals surface area contributed by atoms with Gasteiger partial charge in [0.05, 0.1) is 6.10 Å². The predicted molar refractivity (Wildman–Crippen MR) is 66.8 cm³/mol. The lowest BCUT2D eigenvalue weighted by Crippen LogP contribution is -2.36. The molecule has 0 radical (unpaired) electrons. The van der Waals surface area contributed by atoms with E-state index in [1.54, 1.807) is 4.90 Å². The van der Waals surface area contributed by atoms with Crippen molar-refractivity contribution in [3.63, 3.8) is 0 Å². The number of aliphatic hydroxyl groups excluding tert-OH is 1. The molecule has 1 heterocycles. The molecule has 0 spiro atoms. The monoisotopic (exact) mass is 243 g/mol. The van der Waals surface area contributed by atoms with E-state index in [0.29, 0.717) is 13.1 Å². The van der Waals surface area contributed by atoms with Gasteiger partial charge in [-0.1, -0.05) is 13.8 Å². The first-order valence-corrected chi connectivity index (χ1v) is 6.36. The van der Waals surface area contributed by atoms with E-state index >= 15 is 0 Å². The van der Waals surface area contributed by atoms with Crippen LogP contribution in [-0.4, -0.2) is 40.9 Å². The van der Waals surface area contributed by atoms with Crippen molar-refractivity contribution in [1.82, 2.24) is 4.90 Å². The summed E-state index contributed by atoms with van der Waals surface area (Å²) >= 11 is 0. The number of likely N-dealkylation sites (tertiary alicyclic amines) is 1. The Morgan fingerprint density at radius 3 is 2.47 bits per heavy atom.